The molecule has 4 N–H and O–H groups in total. The molecule has 2 aliphatic rings. The number of aromatic nitrogens is 5. The van der Waals surface area contributed by atoms with Crippen molar-refractivity contribution in [2.24, 2.45) is 0 Å². The number of nitrogens with zero attached hydrogens (tertiary/aromatic N) is 10. The Labute approximate surface area is 686 Å². The molecule has 0 bridgehead atoms. The molecule has 2 fully saturated rings. The molecule has 31 heteroatoms. The van der Waals surface area contributed by atoms with Crippen molar-refractivity contribution >= 4 is 197 Å². The van der Waals surface area contributed by atoms with E-state index in [0.717, 1.165) is 92.2 Å². The highest BCUT2D eigenvalue weighted by molar-refractivity contribution is 9.09. The van der Waals surface area contributed by atoms with E-state index in [1.807, 2.05) is 183 Å². The van der Waals surface area contributed by atoms with Gasteiger partial charge in [0, 0.05) is 130 Å². The minimum Gasteiger partial charge on any atom is -0.444 e. The Bertz CT molecular complexity index is 4870. The molecule has 6 aromatic carbocycles. The third-order valence-corrected chi connectivity index (χ3v) is 21.3. The molecule has 0 radical (unpaired) electrons. The second kappa shape index (κ2) is 42.2. The number of anilines is 5. The number of ether oxygens (including phenoxy) is 1. The van der Waals surface area contributed by atoms with Gasteiger partial charge in [-0.15, -0.1) is 56.7 Å². The number of ketones is 1. The fourth-order valence-corrected chi connectivity index (χ4v) is 15.9. The standard InChI is InChI=1S/C21H26ClN3O3S.C17H17ClN4OS.C11H9ClN2OS.C11H11ClN2S.C9H7ClN2S.C8H6BrClO/c1-5-24(19-23-16(13-29-19)14-8-6-9-15(22)12-14)18(26)17-10-7-11-25(17)20(27)28-21(2,3)4;1-2-22(16(23)15-7-4-8-21(15)11-19)17-20-14(10-24-17)12-5-3-6-13(18)9-12;1-7(15)13-11-14-10(6-16-11)8-3-2-4-9(12)5-8;1-2-13-11-14-10(7-15-11)8-4-3-5-9(12)6-8;10-7-3-1-2-6(4-7)8-5-13-9(11)12-8;9-5-8(11)6-2-1-3-7(10)4-6/h6,8-9,12-13,17H,5,7,10-11H2,1-4H3;3,5-6,9-10,15H,2,4,7-8H2,1H3;2-6H,1H3,(H,13,14,15);3-7H,2H2,1H3,(H,13,14);1-5H,(H2,11,12);1-4H,5H2/t17-;15-;;;;/m00..../s1. The Balaban J connectivity index is 0.000000169. The molecule has 19 nitrogen and oxygen atoms in total. The molecule has 7 heterocycles. The zero-order valence-electron chi connectivity index (χ0n) is 59.7. The number of thiazole rings is 5. The maximum atomic E-state index is 13.3. The number of rotatable bonds is 16. The van der Waals surface area contributed by atoms with E-state index in [0.29, 0.717) is 89.1 Å². The number of benzene rings is 6. The number of hydrogen-bond donors (Lipinski definition) is 3. The molecule has 11 aromatic rings. The van der Waals surface area contributed by atoms with Crippen LogP contribution in [0.1, 0.15) is 84.5 Å². The molecular weight excluding hydrogens is 1660 g/mol. The van der Waals surface area contributed by atoms with E-state index in [1.54, 1.807) is 55.2 Å². The average molecular weight is 1730 g/mol. The second-order valence-electron chi connectivity index (χ2n) is 24.5. The number of carbonyl (C=O) groups excluding carboxylic acids is 5. The lowest BCUT2D eigenvalue weighted by atomic mass is 10.2. The molecule has 564 valence electrons. The smallest absolute Gasteiger partial charge is 0.410 e. The summed E-state index contributed by atoms with van der Waals surface area (Å²) in [6, 6.07) is 43.7. The molecule has 0 aliphatic carbocycles. The first-order valence-corrected chi connectivity index (χ1v) is 41.5. The third-order valence-electron chi connectivity index (χ3n) is 15.5. The van der Waals surface area contributed by atoms with Crippen molar-refractivity contribution in [1.82, 2.24) is 34.7 Å². The molecule has 2 aliphatic heterocycles. The minimum absolute atomic E-state index is 0.0486. The van der Waals surface area contributed by atoms with Crippen molar-refractivity contribution in [2.75, 3.05) is 64.2 Å². The first-order valence-electron chi connectivity index (χ1n) is 33.7. The average Bonchev–Trinajstić information content (AvgIpc) is 1.65. The van der Waals surface area contributed by atoms with Crippen LogP contribution in [0.25, 0.3) is 56.3 Å². The van der Waals surface area contributed by atoms with Gasteiger partial charge in [-0.1, -0.05) is 158 Å². The number of halogens is 7. The fourth-order valence-electron chi connectivity index (χ4n) is 10.5. The van der Waals surface area contributed by atoms with Gasteiger partial charge >= 0.3 is 6.09 Å². The number of hydrogen-bond acceptors (Lipinski definition) is 20. The lowest BCUT2D eigenvalue weighted by molar-refractivity contribution is -0.123. The van der Waals surface area contributed by atoms with Gasteiger partial charge in [-0.2, -0.15) is 5.26 Å². The first kappa shape index (κ1) is 85.5. The first-order chi connectivity index (χ1) is 51.8. The number of alkyl halides is 1. The lowest BCUT2D eigenvalue weighted by Crippen LogP contribution is -2.49. The van der Waals surface area contributed by atoms with Crippen molar-refractivity contribution in [3.8, 4) is 62.5 Å². The summed E-state index contributed by atoms with van der Waals surface area (Å²) in [4.78, 5) is 89.1. The fraction of sp³-hybridized carbons (Fsp3) is 0.260. The topological polar surface area (TPSA) is 246 Å². The quantitative estimate of drug-likeness (QED) is 0.0462. The van der Waals surface area contributed by atoms with E-state index in [2.05, 4.69) is 64.6 Å². The number of carbonyl (C=O) groups is 5. The van der Waals surface area contributed by atoms with E-state index in [4.69, 9.17) is 85.3 Å². The molecule has 0 unspecified atom stereocenters. The van der Waals surface area contributed by atoms with Crippen LogP contribution in [0, 0.1) is 11.5 Å². The van der Waals surface area contributed by atoms with Gasteiger partial charge in [-0.25, -0.2) is 29.7 Å². The Morgan fingerprint density at radius 1 is 0.556 bits per heavy atom. The van der Waals surface area contributed by atoms with Gasteiger partial charge in [0.05, 0.1) is 33.8 Å². The molecule has 13 rings (SSSR count). The van der Waals surface area contributed by atoms with Crippen LogP contribution in [0.2, 0.25) is 30.1 Å². The van der Waals surface area contributed by atoms with Crippen LogP contribution >= 0.6 is 142 Å². The summed E-state index contributed by atoms with van der Waals surface area (Å²) in [5.41, 5.74) is 14.6. The number of likely N-dealkylation sites (N-methyl/N-ethyl adjacent to an activating group) is 2. The van der Waals surface area contributed by atoms with Gasteiger partial charge in [0.2, 0.25) is 5.91 Å². The summed E-state index contributed by atoms with van der Waals surface area (Å²) in [5, 5.41) is 32.4. The van der Waals surface area contributed by atoms with Gasteiger partial charge in [0.25, 0.3) is 11.8 Å². The summed E-state index contributed by atoms with van der Waals surface area (Å²) in [6.07, 6.45) is 4.66. The third kappa shape index (κ3) is 25.8. The van der Waals surface area contributed by atoms with Gasteiger partial charge in [0.15, 0.2) is 37.6 Å². The number of nitrogens with one attached hydrogen (secondary N) is 2. The molecule has 4 amide bonds. The van der Waals surface area contributed by atoms with Crippen LogP contribution in [0.5, 0.6) is 0 Å². The van der Waals surface area contributed by atoms with Crippen molar-refractivity contribution < 1.29 is 28.7 Å². The number of nitriles is 1. The van der Waals surface area contributed by atoms with Crippen LogP contribution in [-0.2, 0) is 19.1 Å². The van der Waals surface area contributed by atoms with Crippen LogP contribution in [0.15, 0.2) is 172 Å². The highest BCUT2D eigenvalue weighted by atomic mass is 79.9. The van der Waals surface area contributed by atoms with Crippen LogP contribution in [-0.4, -0.2) is 120 Å². The Morgan fingerprint density at radius 3 is 1.34 bits per heavy atom. The van der Waals surface area contributed by atoms with Crippen LogP contribution in [0.4, 0.5) is 30.5 Å². The van der Waals surface area contributed by atoms with Crippen molar-refractivity contribution in [1.29, 1.82) is 5.26 Å². The van der Waals surface area contributed by atoms with Crippen LogP contribution < -0.4 is 26.2 Å². The van der Waals surface area contributed by atoms with Crippen LogP contribution in [0.3, 0.4) is 0 Å². The van der Waals surface area contributed by atoms with E-state index in [-0.39, 0.29) is 29.5 Å². The predicted octanol–water partition coefficient (Wildman–Crippen LogP) is 22.3. The van der Waals surface area contributed by atoms with E-state index in [1.165, 1.54) is 52.3 Å². The van der Waals surface area contributed by atoms with E-state index in [9.17, 15) is 24.0 Å². The van der Waals surface area contributed by atoms with Gasteiger partial charge in [-0.05, 0) is 140 Å². The molecule has 0 saturated carbocycles. The Morgan fingerprint density at radius 2 is 0.944 bits per heavy atom. The molecule has 2 atom stereocenters. The highest BCUT2D eigenvalue weighted by Gasteiger charge is 2.40. The Hall–Kier alpha value is -8.07. The SMILES string of the molecule is CC(=O)Nc1nc(-c2cccc(Cl)c2)cs1.CCN(C(=O)[C@@H]1CCCN1C#N)c1nc(-c2cccc(Cl)c2)cs1.CCN(C(=O)[C@@H]1CCCN1C(=O)OC(C)(C)C)c1nc(-c2cccc(Cl)c2)cs1.CCNc1nc(-c2cccc(Cl)c2)cs1.Nc1nc(-c2cccc(Cl)c2)cs1.O=C(CBr)c1cccc(Cl)c1. The largest absolute Gasteiger partial charge is 0.444 e. The lowest BCUT2D eigenvalue weighted by Gasteiger charge is -2.30. The van der Waals surface area contributed by atoms with Crippen molar-refractivity contribution in [2.45, 2.75) is 91.8 Å². The van der Waals surface area contributed by atoms with Crippen molar-refractivity contribution in [3.05, 3.63) is 208 Å². The second-order valence-corrected chi connectivity index (χ2v) is 31.9. The summed E-state index contributed by atoms with van der Waals surface area (Å²) in [5.74, 6) is -0.245. The molecule has 108 heavy (non-hydrogen) atoms. The van der Waals surface area contributed by atoms with Gasteiger partial charge in [0.1, 0.15) is 17.7 Å². The monoisotopic (exact) mass is 1730 g/mol. The predicted molar refractivity (Wildman–Crippen MR) is 453 cm³/mol. The maximum Gasteiger partial charge on any atom is 0.410 e. The summed E-state index contributed by atoms with van der Waals surface area (Å²) in [6.45, 7) is 15.9. The summed E-state index contributed by atoms with van der Waals surface area (Å²) >= 11 is 45.8. The van der Waals surface area contributed by atoms with Gasteiger partial charge in [-0.3, -0.25) is 38.8 Å². The number of likely N-dealkylation sites (tertiary alicyclic amines) is 2. The summed E-state index contributed by atoms with van der Waals surface area (Å²) in [7, 11) is 0. The van der Waals surface area contributed by atoms with E-state index >= 15 is 0 Å². The van der Waals surface area contributed by atoms with E-state index < -0.39 is 17.7 Å². The Kier molecular flexibility index (Phi) is 33.4. The molecule has 2 saturated heterocycles. The molecule has 0 spiro atoms. The number of nitrogen functional groups attached to an aromatic ring is 1. The number of Topliss-reactive ketones (excluding diaryl/α,β-unsaturated/α-hetero) is 1. The zero-order valence-corrected chi connectivity index (χ0v) is 69.9. The number of amides is 4. The highest BCUT2D eigenvalue weighted by Crippen LogP contribution is 2.35. The summed E-state index contributed by atoms with van der Waals surface area (Å²) < 4.78 is 5.49. The van der Waals surface area contributed by atoms with Gasteiger partial charge < -0.3 is 21.1 Å². The number of nitrogens with two attached hydrogens (primary N) is 1. The normalized spacial score (nSPS) is 13.4. The molecular formula is C77H76BrCl6N13O6S5. The van der Waals surface area contributed by atoms with Crippen molar-refractivity contribution in [3.63, 3.8) is 0 Å². The zero-order chi connectivity index (χ0) is 78.0. The minimum atomic E-state index is -0.598. The molecule has 5 aromatic heterocycles. The maximum absolute atomic E-state index is 13.3.